The highest BCUT2D eigenvalue weighted by molar-refractivity contribution is 5.97. The second-order valence-corrected chi connectivity index (χ2v) is 5.73. The highest BCUT2D eigenvalue weighted by Crippen LogP contribution is 2.26. The number of amides is 1. The molecule has 0 aromatic heterocycles. The predicted molar refractivity (Wildman–Crippen MR) is 80.5 cm³/mol. The summed E-state index contributed by atoms with van der Waals surface area (Å²) in [6.45, 7) is 7.31. The number of carbonyl (C=O) groups is 1. The van der Waals surface area contributed by atoms with Crippen molar-refractivity contribution in [2.75, 3.05) is 11.5 Å². The van der Waals surface area contributed by atoms with Gasteiger partial charge in [-0.25, -0.2) is 0 Å². The molecular weight excluding hydrogens is 252 g/mol. The van der Waals surface area contributed by atoms with Crippen molar-refractivity contribution in [2.24, 2.45) is 11.7 Å². The number of rotatable bonds is 4. The normalized spacial score (nSPS) is 22.2. The Morgan fingerprint density at radius 3 is 2.50 bits per heavy atom. The number of nitrogens with zero attached hydrogens (tertiary/aromatic N) is 1. The Morgan fingerprint density at radius 1 is 1.40 bits per heavy atom. The van der Waals surface area contributed by atoms with Crippen LogP contribution in [-0.2, 0) is 16.1 Å². The van der Waals surface area contributed by atoms with E-state index in [9.17, 15) is 4.79 Å². The number of hydrogen-bond acceptors (Lipinski definition) is 3. The molecule has 4 heteroatoms. The molecular formula is C16H24N2O2. The lowest BCUT2D eigenvalue weighted by Crippen LogP contribution is -2.45. The second kappa shape index (κ2) is 6.37. The molecule has 1 aromatic carbocycles. The Labute approximate surface area is 120 Å². The summed E-state index contributed by atoms with van der Waals surface area (Å²) in [7, 11) is 0. The molecule has 0 aliphatic carbocycles. The van der Waals surface area contributed by atoms with Gasteiger partial charge < -0.3 is 15.4 Å². The number of ether oxygens (including phenoxy) is 1. The summed E-state index contributed by atoms with van der Waals surface area (Å²) in [5, 5.41) is 0. The Bertz CT molecular complexity index is 456. The van der Waals surface area contributed by atoms with Gasteiger partial charge >= 0.3 is 0 Å². The quantitative estimate of drug-likeness (QED) is 0.918. The maximum Gasteiger partial charge on any atom is 0.256 e. The number of carbonyl (C=O) groups excluding carboxylic acids is 1. The Morgan fingerprint density at radius 2 is 2.05 bits per heavy atom. The molecule has 1 saturated heterocycles. The first kappa shape index (κ1) is 15.0. The largest absolute Gasteiger partial charge is 0.368 e. The molecule has 1 aliphatic heterocycles. The minimum atomic E-state index is -0.313. The third-order valence-electron chi connectivity index (χ3n) is 3.83. The monoisotopic (exact) mass is 276 g/mol. The summed E-state index contributed by atoms with van der Waals surface area (Å²) in [6, 6.07) is 7.95. The van der Waals surface area contributed by atoms with Gasteiger partial charge in [-0.1, -0.05) is 19.1 Å². The Balaban J connectivity index is 2.23. The zero-order valence-electron chi connectivity index (χ0n) is 12.5. The molecule has 0 spiro atoms. The van der Waals surface area contributed by atoms with Gasteiger partial charge in [-0.15, -0.1) is 0 Å². The van der Waals surface area contributed by atoms with Gasteiger partial charge in [-0.3, -0.25) is 4.79 Å². The number of nitrogens with two attached hydrogens (primary N) is 1. The van der Waals surface area contributed by atoms with Crippen LogP contribution in [0.2, 0.25) is 0 Å². The molecule has 110 valence electrons. The number of anilines is 1. The summed E-state index contributed by atoms with van der Waals surface area (Å²) < 4.78 is 5.61. The SMILES string of the molecule is CC1CCOC1C(=O)N(c1ccc(CN)cc1)C(C)C. The van der Waals surface area contributed by atoms with Gasteiger partial charge in [0.1, 0.15) is 6.10 Å². The molecule has 2 atom stereocenters. The summed E-state index contributed by atoms with van der Waals surface area (Å²) in [5.41, 5.74) is 7.59. The zero-order valence-corrected chi connectivity index (χ0v) is 12.5. The van der Waals surface area contributed by atoms with Gasteiger partial charge in [-0.2, -0.15) is 0 Å². The fraction of sp³-hybridized carbons (Fsp3) is 0.562. The van der Waals surface area contributed by atoms with Crippen LogP contribution in [0.15, 0.2) is 24.3 Å². The third-order valence-corrected chi connectivity index (χ3v) is 3.83. The molecule has 2 rings (SSSR count). The van der Waals surface area contributed by atoms with E-state index >= 15 is 0 Å². The Hall–Kier alpha value is -1.39. The van der Waals surface area contributed by atoms with Gasteiger partial charge in [0.2, 0.25) is 0 Å². The van der Waals surface area contributed by atoms with Crippen LogP contribution >= 0.6 is 0 Å². The van der Waals surface area contributed by atoms with Crippen LogP contribution in [0.5, 0.6) is 0 Å². The summed E-state index contributed by atoms with van der Waals surface area (Å²) in [4.78, 5) is 14.6. The van der Waals surface area contributed by atoms with E-state index in [0.29, 0.717) is 13.2 Å². The van der Waals surface area contributed by atoms with Crippen LogP contribution in [0, 0.1) is 5.92 Å². The standard InChI is InChI=1S/C16H24N2O2/c1-11(2)18(14-6-4-13(10-17)5-7-14)16(19)15-12(3)8-9-20-15/h4-7,11-12,15H,8-10,17H2,1-3H3. The molecule has 20 heavy (non-hydrogen) atoms. The third kappa shape index (κ3) is 3.02. The van der Waals surface area contributed by atoms with Gasteiger partial charge in [0.05, 0.1) is 0 Å². The molecule has 1 amide bonds. The topological polar surface area (TPSA) is 55.6 Å². The van der Waals surface area contributed by atoms with Crippen LogP contribution in [0.3, 0.4) is 0 Å². The molecule has 2 N–H and O–H groups in total. The van der Waals surface area contributed by atoms with E-state index in [1.807, 2.05) is 43.0 Å². The summed E-state index contributed by atoms with van der Waals surface area (Å²) in [5.74, 6) is 0.345. The fourth-order valence-electron chi connectivity index (χ4n) is 2.62. The highest BCUT2D eigenvalue weighted by atomic mass is 16.5. The molecule has 0 saturated carbocycles. The van der Waals surface area contributed by atoms with Crippen molar-refractivity contribution in [1.82, 2.24) is 0 Å². The lowest BCUT2D eigenvalue weighted by molar-refractivity contribution is -0.129. The van der Waals surface area contributed by atoms with E-state index in [1.54, 1.807) is 0 Å². The van der Waals surface area contributed by atoms with Crippen LogP contribution in [0.25, 0.3) is 0 Å². The van der Waals surface area contributed by atoms with E-state index in [4.69, 9.17) is 10.5 Å². The molecule has 1 aliphatic rings. The van der Waals surface area contributed by atoms with E-state index in [1.165, 1.54) is 0 Å². The van der Waals surface area contributed by atoms with E-state index in [0.717, 1.165) is 17.7 Å². The van der Waals surface area contributed by atoms with Crippen LogP contribution in [0.4, 0.5) is 5.69 Å². The van der Waals surface area contributed by atoms with Crippen molar-refractivity contribution in [1.29, 1.82) is 0 Å². The second-order valence-electron chi connectivity index (χ2n) is 5.73. The van der Waals surface area contributed by atoms with Crippen molar-refractivity contribution in [2.45, 2.75) is 45.9 Å². The highest BCUT2D eigenvalue weighted by Gasteiger charge is 2.35. The molecule has 1 heterocycles. The van der Waals surface area contributed by atoms with Crippen molar-refractivity contribution in [3.63, 3.8) is 0 Å². The van der Waals surface area contributed by atoms with Gasteiger partial charge in [0.25, 0.3) is 5.91 Å². The first-order valence-corrected chi connectivity index (χ1v) is 7.28. The summed E-state index contributed by atoms with van der Waals surface area (Å²) >= 11 is 0. The van der Waals surface area contributed by atoms with Crippen molar-refractivity contribution in [3.8, 4) is 0 Å². The van der Waals surface area contributed by atoms with Crippen LogP contribution in [0.1, 0.15) is 32.8 Å². The fourth-order valence-corrected chi connectivity index (χ4v) is 2.62. The first-order valence-electron chi connectivity index (χ1n) is 7.28. The molecule has 1 fully saturated rings. The maximum absolute atomic E-state index is 12.7. The molecule has 2 unspecified atom stereocenters. The molecule has 0 bridgehead atoms. The zero-order chi connectivity index (χ0) is 14.7. The first-order chi connectivity index (χ1) is 9.54. The molecule has 0 radical (unpaired) electrons. The Kier molecular flexibility index (Phi) is 4.78. The van der Waals surface area contributed by atoms with E-state index < -0.39 is 0 Å². The number of benzene rings is 1. The minimum Gasteiger partial charge on any atom is -0.368 e. The molecule has 1 aromatic rings. The lowest BCUT2D eigenvalue weighted by Gasteiger charge is -2.30. The maximum atomic E-state index is 12.7. The van der Waals surface area contributed by atoms with Crippen LogP contribution < -0.4 is 10.6 Å². The van der Waals surface area contributed by atoms with E-state index in [-0.39, 0.29) is 24.0 Å². The average molecular weight is 276 g/mol. The van der Waals surface area contributed by atoms with Crippen LogP contribution in [-0.4, -0.2) is 24.7 Å². The van der Waals surface area contributed by atoms with Gasteiger partial charge in [0.15, 0.2) is 0 Å². The average Bonchev–Trinajstić information content (AvgIpc) is 2.85. The van der Waals surface area contributed by atoms with Crippen molar-refractivity contribution in [3.05, 3.63) is 29.8 Å². The summed E-state index contributed by atoms with van der Waals surface area (Å²) in [6.07, 6.45) is 0.639. The van der Waals surface area contributed by atoms with E-state index in [2.05, 4.69) is 6.92 Å². The van der Waals surface area contributed by atoms with Gasteiger partial charge in [0, 0.05) is 24.9 Å². The smallest absolute Gasteiger partial charge is 0.256 e. The molecule has 4 nitrogen and oxygen atoms in total. The predicted octanol–water partition coefficient (Wildman–Crippen LogP) is 2.31. The van der Waals surface area contributed by atoms with Gasteiger partial charge in [-0.05, 0) is 43.9 Å². The lowest BCUT2D eigenvalue weighted by atomic mass is 10.0. The number of hydrogen-bond donors (Lipinski definition) is 1. The van der Waals surface area contributed by atoms with Crippen molar-refractivity contribution < 1.29 is 9.53 Å². The van der Waals surface area contributed by atoms with Crippen molar-refractivity contribution >= 4 is 11.6 Å². The minimum absolute atomic E-state index is 0.0606.